The van der Waals surface area contributed by atoms with Crippen molar-refractivity contribution in [2.75, 3.05) is 26.4 Å². The summed E-state index contributed by atoms with van der Waals surface area (Å²) < 4.78 is 38.5. The smallest absolute Gasteiger partial charge is 0.397 e. The van der Waals surface area contributed by atoms with E-state index in [2.05, 4.69) is 122 Å². The van der Waals surface area contributed by atoms with E-state index in [0.29, 0.717) is 32.3 Å². The van der Waals surface area contributed by atoms with Crippen molar-refractivity contribution >= 4 is 17.2 Å². The Kier molecular flexibility index (Phi) is 10.2. The van der Waals surface area contributed by atoms with Crippen molar-refractivity contribution in [1.82, 2.24) is 0 Å². The highest BCUT2D eigenvalue weighted by molar-refractivity contribution is 7.42. The summed E-state index contributed by atoms with van der Waals surface area (Å²) in [6, 6.07) is 4.46. The summed E-state index contributed by atoms with van der Waals surface area (Å²) in [5.41, 5.74) is 5.58. The molecule has 248 valence electrons. The summed E-state index contributed by atoms with van der Waals surface area (Å²) in [6.07, 6.45) is 2.32. The Morgan fingerprint density at radius 1 is 0.682 bits per heavy atom. The molecule has 4 rings (SSSR count). The molecule has 1 aliphatic carbocycles. The molecule has 1 spiro atoms. The molecule has 2 heterocycles. The van der Waals surface area contributed by atoms with Gasteiger partial charge >= 0.3 is 17.2 Å². The van der Waals surface area contributed by atoms with Crippen LogP contribution in [0.15, 0.2) is 35.1 Å². The van der Waals surface area contributed by atoms with E-state index >= 15 is 0 Å². The Morgan fingerprint density at radius 2 is 1.11 bits per heavy atom. The number of allylic oxidation sites excluding steroid dienone is 4. The van der Waals surface area contributed by atoms with Gasteiger partial charge in [-0.05, 0) is 47.0 Å². The summed E-state index contributed by atoms with van der Waals surface area (Å²) in [5.74, 6) is 2.49. The van der Waals surface area contributed by atoms with Crippen LogP contribution in [0, 0.1) is 35.0 Å². The minimum Gasteiger partial charge on any atom is -0.431 e. The van der Waals surface area contributed by atoms with E-state index < -0.39 is 22.6 Å². The molecule has 2 saturated heterocycles. The van der Waals surface area contributed by atoms with Crippen LogP contribution in [0.25, 0.3) is 0 Å². The van der Waals surface area contributed by atoms with Crippen LogP contribution in [-0.2, 0) is 33.4 Å². The molecule has 1 aromatic rings. The molecule has 0 bridgehead atoms. The van der Waals surface area contributed by atoms with Crippen LogP contribution in [0.3, 0.4) is 0 Å². The van der Waals surface area contributed by atoms with Gasteiger partial charge in [0.25, 0.3) is 0 Å². The van der Waals surface area contributed by atoms with Gasteiger partial charge in [-0.1, -0.05) is 119 Å². The molecular weight excluding hydrogens is 590 g/mol. The van der Waals surface area contributed by atoms with Gasteiger partial charge in [-0.25, -0.2) is 0 Å². The van der Waals surface area contributed by atoms with Crippen LogP contribution in [0.1, 0.15) is 114 Å². The lowest BCUT2D eigenvalue weighted by molar-refractivity contribution is -0.0710. The molecule has 0 radical (unpaired) electrons. The van der Waals surface area contributed by atoms with Crippen LogP contribution in [0.2, 0.25) is 0 Å². The van der Waals surface area contributed by atoms with Gasteiger partial charge in [0.15, 0.2) is 0 Å². The maximum Gasteiger partial charge on any atom is 0.397 e. The van der Waals surface area contributed by atoms with Crippen LogP contribution < -0.4 is 4.52 Å². The summed E-state index contributed by atoms with van der Waals surface area (Å²) >= 11 is 0. The van der Waals surface area contributed by atoms with Crippen LogP contribution in [-0.4, -0.2) is 26.4 Å². The Labute approximate surface area is 270 Å². The largest absolute Gasteiger partial charge is 0.431 e. The zero-order chi connectivity index (χ0) is 33.0. The van der Waals surface area contributed by atoms with Gasteiger partial charge in [0.2, 0.25) is 0 Å². The lowest BCUT2D eigenvalue weighted by Crippen LogP contribution is -2.45. The van der Waals surface area contributed by atoms with Crippen molar-refractivity contribution < 1.29 is 27.1 Å². The highest BCUT2D eigenvalue weighted by Gasteiger charge is 2.47. The van der Waals surface area contributed by atoms with Crippen molar-refractivity contribution in [3.63, 3.8) is 0 Å². The Morgan fingerprint density at radius 3 is 1.50 bits per heavy atom. The van der Waals surface area contributed by atoms with Crippen molar-refractivity contribution in [3.05, 3.63) is 51.8 Å². The van der Waals surface area contributed by atoms with Crippen molar-refractivity contribution in [2.24, 2.45) is 28.1 Å². The first-order valence-electron chi connectivity index (χ1n) is 16.1. The number of hydrogen-bond donors (Lipinski definition) is 0. The summed E-state index contributed by atoms with van der Waals surface area (Å²) in [7, 11) is -3.10. The van der Waals surface area contributed by atoms with Gasteiger partial charge in [0.05, 0.1) is 31.8 Å². The molecule has 2 fully saturated rings. The Bertz CT molecular complexity index is 1220. The fourth-order valence-electron chi connectivity index (χ4n) is 6.25. The average molecular weight is 649 g/mol. The van der Waals surface area contributed by atoms with E-state index in [-0.39, 0.29) is 27.6 Å². The van der Waals surface area contributed by atoms with Crippen LogP contribution in [0.5, 0.6) is 5.75 Å². The predicted molar refractivity (Wildman–Crippen MR) is 183 cm³/mol. The number of benzene rings is 1. The van der Waals surface area contributed by atoms with Crippen LogP contribution in [0.4, 0.5) is 0 Å². The highest BCUT2D eigenvalue weighted by atomic mass is 31.2. The van der Waals surface area contributed by atoms with E-state index in [1.165, 1.54) is 27.8 Å². The van der Waals surface area contributed by atoms with Gasteiger partial charge in [-0.2, -0.15) is 0 Å². The molecule has 3 aliphatic rings. The molecule has 2 atom stereocenters. The second-order valence-electron chi connectivity index (χ2n) is 17.5. The van der Waals surface area contributed by atoms with Crippen LogP contribution >= 0.6 is 17.2 Å². The molecule has 2 unspecified atom stereocenters. The topological polar surface area (TPSA) is 55.4 Å². The second kappa shape index (κ2) is 12.6. The van der Waals surface area contributed by atoms with E-state index in [0.717, 1.165) is 11.5 Å². The number of rotatable bonds is 4. The van der Waals surface area contributed by atoms with E-state index in [1.54, 1.807) is 0 Å². The van der Waals surface area contributed by atoms with Crippen molar-refractivity contribution in [3.8, 4) is 5.75 Å². The Hall–Kier alpha value is -1.00. The minimum atomic E-state index is -1.56. The van der Waals surface area contributed by atoms with E-state index in [1.807, 2.05) is 0 Å². The highest BCUT2D eigenvalue weighted by Crippen LogP contribution is 2.58. The fraction of sp³-hybridized carbons (Fsp3) is 0.722. The Balaban J connectivity index is 1.46. The van der Waals surface area contributed by atoms with Crippen molar-refractivity contribution in [2.45, 2.75) is 115 Å². The third-order valence-corrected chi connectivity index (χ3v) is 11.0. The van der Waals surface area contributed by atoms with Crippen molar-refractivity contribution in [1.29, 1.82) is 0 Å². The normalized spacial score (nSPS) is 29.1. The first kappa shape index (κ1) is 35.8. The maximum absolute atomic E-state index is 6.72. The summed E-state index contributed by atoms with van der Waals surface area (Å²) in [4.78, 5) is 0. The second-order valence-corrected chi connectivity index (χ2v) is 19.8. The molecular formula is C36H58O6P2. The van der Waals surface area contributed by atoms with Gasteiger partial charge < -0.3 is 27.1 Å². The monoisotopic (exact) mass is 648 g/mol. The SMILES string of the molecule is CC1=CC(C(C)(C)C)=C(OP2OCC3(CO2)COP(Oc2c(C(C)(C)C)cc(C)cc2C(C)(C)C)OC3)C(C(C)(C)C)C1C. The molecule has 8 heteroatoms. The first-order valence-corrected chi connectivity index (χ1v) is 18.3. The minimum absolute atomic E-state index is 0.0203. The number of hydrogen-bond acceptors (Lipinski definition) is 6. The molecule has 0 saturated carbocycles. The molecule has 0 amide bonds. The van der Waals surface area contributed by atoms with E-state index in [9.17, 15) is 0 Å². The lowest BCUT2D eigenvalue weighted by atomic mass is 9.65. The molecule has 0 aromatic heterocycles. The summed E-state index contributed by atoms with van der Waals surface area (Å²) in [5, 5.41) is 0. The molecule has 1 aromatic carbocycles. The standard InChI is InChI=1S/C36H58O6P2/c1-23-16-26(32(4,5)6)30(27(17-23)33(7,8)9)41-43-37-19-36(20-38-43)21-39-44(40-22-36)42-31-28(34(10,11)12)18-24(2)25(3)29(31)35(13,14)15/h16-18,25,29H,19-22H2,1-15H3. The maximum atomic E-state index is 6.72. The molecule has 44 heavy (non-hydrogen) atoms. The zero-order valence-corrected chi connectivity index (χ0v) is 31.8. The van der Waals surface area contributed by atoms with Gasteiger partial charge in [-0.3, -0.25) is 0 Å². The quantitative estimate of drug-likeness (QED) is 0.303. The zero-order valence-electron chi connectivity index (χ0n) is 30.1. The molecule has 2 aliphatic heterocycles. The predicted octanol–water partition coefficient (Wildman–Crippen LogP) is 11.1. The van der Waals surface area contributed by atoms with Gasteiger partial charge in [0.1, 0.15) is 11.5 Å². The van der Waals surface area contributed by atoms with E-state index in [4.69, 9.17) is 27.1 Å². The molecule has 0 N–H and O–H groups in total. The first-order chi connectivity index (χ1) is 20.0. The third-order valence-electron chi connectivity index (χ3n) is 8.97. The summed E-state index contributed by atoms with van der Waals surface area (Å²) in [6.45, 7) is 35.4. The molecule has 6 nitrogen and oxygen atoms in total. The average Bonchev–Trinajstić information content (AvgIpc) is 2.87. The third kappa shape index (κ3) is 7.92. The fourth-order valence-corrected chi connectivity index (χ4v) is 8.85. The van der Waals surface area contributed by atoms with Gasteiger partial charge in [-0.15, -0.1) is 0 Å². The van der Waals surface area contributed by atoms with Gasteiger partial charge in [0, 0.05) is 17.0 Å². The number of aryl methyl sites for hydroxylation is 1. The lowest BCUT2D eigenvalue weighted by Gasteiger charge is -2.45.